The van der Waals surface area contributed by atoms with Gasteiger partial charge >= 0.3 is 0 Å². The number of carbonyl (C=O) groups excluding carboxylic acids is 1. The number of halogens is 2. The first kappa shape index (κ1) is 21.1. The average Bonchev–Trinajstić information content (AvgIpc) is 2.70. The number of benzene rings is 3. The van der Waals surface area contributed by atoms with Gasteiger partial charge in [-0.3, -0.25) is 4.79 Å². The molecule has 0 radical (unpaired) electrons. The van der Waals surface area contributed by atoms with Crippen molar-refractivity contribution < 1.29 is 9.18 Å². The SMILES string of the molecule is CSc1ccc(NC(=S)Nc2ccc(NC(=O)c3ccccc3F)cc2)cc1Cl. The molecule has 0 aromatic heterocycles. The molecule has 0 aliphatic rings. The number of rotatable bonds is 5. The minimum Gasteiger partial charge on any atom is -0.332 e. The third kappa shape index (κ3) is 5.69. The van der Waals surface area contributed by atoms with Crippen LogP contribution in [-0.2, 0) is 0 Å². The summed E-state index contributed by atoms with van der Waals surface area (Å²) in [7, 11) is 0. The average molecular weight is 446 g/mol. The summed E-state index contributed by atoms with van der Waals surface area (Å²) in [5.41, 5.74) is 2.05. The molecule has 3 rings (SSSR count). The lowest BCUT2D eigenvalue weighted by Crippen LogP contribution is -2.19. The maximum Gasteiger partial charge on any atom is 0.258 e. The van der Waals surface area contributed by atoms with Gasteiger partial charge in [0.1, 0.15) is 5.82 Å². The summed E-state index contributed by atoms with van der Waals surface area (Å²) in [6.07, 6.45) is 1.96. The smallest absolute Gasteiger partial charge is 0.258 e. The highest BCUT2D eigenvalue weighted by molar-refractivity contribution is 7.98. The van der Waals surface area contributed by atoms with Crippen LogP contribution in [0.15, 0.2) is 71.6 Å². The highest BCUT2D eigenvalue weighted by Crippen LogP contribution is 2.28. The van der Waals surface area contributed by atoms with Gasteiger partial charge in [0.2, 0.25) is 0 Å². The van der Waals surface area contributed by atoms with Crippen LogP contribution in [0.5, 0.6) is 0 Å². The van der Waals surface area contributed by atoms with Crippen molar-refractivity contribution in [1.29, 1.82) is 0 Å². The second-order valence-corrected chi connectivity index (χ2v) is 7.60. The van der Waals surface area contributed by atoms with Crippen LogP contribution < -0.4 is 16.0 Å². The molecule has 0 unspecified atom stereocenters. The Balaban J connectivity index is 1.59. The van der Waals surface area contributed by atoms with E-state index in [4.69, 9.17) is 23.8 Å². The minimum absolute atomic E-state index is 0.00812. The fourth-order valence-corrected chi connectivity index (χ4v) is 3.62. The van der Waals surface area contributed by atoms with E-state index in [1.807, 2.05) is 24.5 Å². The van der Waals surface area contributed by atoms with E-state index in [1.54, 1.807) is 42.1 Å². The van der Waals surface area contributed by atoms with Gasteiger partial charge in [-0.1, -0.05) is 23.7 Å². The zero-order valence-electron chi connectivity index (χ0n) is 15.3. The van der Waals surface area contributed by atoms with Crippen LogP contribution in [0.2, 0.25) is 5.02 Å². The molecule has 0 saturated heterocycles. The van der Waals surface area contributed by atoms with Gasteiger partial charge in [-0.25, -0.2) is 4.39 Å². The molecule has 0 spiro atoms. The molecule has 148 valence electrons. The third-order valence-electron chi connectivity index (χ3n) is 3.93. The highest BCUT2D eigenvalue weighted by atomic mass is 35.5. The number of anilines is 3. The Morgan fingerprint density at radius 3 is 2.14 bits per heavy atom. The summed E-state index contributed by atoms with van der Waals surface area (Å²) in [6.45, 7) is 0. The van der Waals surface area contributed by atoms with Crippen molar-refractivity contribution in [2.75, 3.05) is 22.2 Å². The maximum absolute atomic E-state index is 13.7. The molecule has 0 saturated carbocycles. The summed E-state index contributed by atoms with van der Waals surface area (Å²) < 4.78 is 13.7. The first-order chi connectivity index (χ1) is 14.0. The first-order valence-corrected chi connectivity index (χ1v) is 10.5. The van der Waals surface area contributed by atoms with Crippen LogP contribution in [0.25, 0.3) is 0 Å². The summed E-state index contributed by atoms with van der Waals surface area (Å²) in [6, 6.07) is 18.4. The molecule has 0 atom stereocenters. The van der Waals surface area contributed by atoms with Crippen molar-refractivity contribution in [2.45, 2.75) is 4.90 Å². The molecule has 29 heavy (non-hydrogen) atoms. The van der Waals surface area contributed by atoms with Crippen LogP contribution in [-0.4, -0.2) is 17.3 Å². The van der Waals surface area contributed by atoms with Crippen molar-refractivity contribution in [3.63, 3.8) is 0 Å². The molecule has 0 bridgehead atoms. The summed E-state index contributed by atoms with van der Waals surface area (Å²) in [5, 5.41) is 9.85. The predicted octanol–water partition coefficient (Wildman–Crippen LogP) is 6.26. The molecule has 0 fully saturated rings. The molecular formula is C21H17ClFN3OS2. The van der Waals surface area contributed by atoms with Crippen molar-refractivity contribution in [3.8, 4) is 0 Å². The van der Waals surface area contributed by atoms with Crippen molar-refractivity contribution in [2.24, 2.45) is 0 Å². The number of thioether (sulfide) groups is 1. The van der Waals surface area contributed by atoms with Crippen molar-refractivity contribution >= 4 is 63.7 Å². The van der Waals surface area contributed by atoms with E-state index in [2.05, 4.69) is 16.0 Å². The Hall–Kier alpha value is -2.61. The van der Waals surface area contributed by atoms with Crippen LogP contribution >= 0.6 is 35.6 Å². The van der Waals surface area contributed by atoms with Crippen molar-refractivity contribution in [1.82, 2.24) is 0 Å². The van der Waals surface area contributed by atoms with E-state index in [0.29, 0.717) is 15.8 Å². The van der Waals surface area contributed by atoms with Gasteiger partial charge in [0.05, 0.1) is 10.6 Å². The van der Waals surface area contributed by atoms with Gasteiger partial charge in [0, 0.05) is 22.0 Å². The van der Waals surface area contributed by atoms with Gasteiger partial charge in [-0.15, -0.1) is 11.8 Å². The van der Waals surface area contributed by atoms with Gasteiger partial charge in [0.25, 0.3) is 5.91 Å². The molecular weight excluding hydrogens is 429 g/mol. The lowest BCUT2D eigenvalue weighted by Gasteiger charge is -2.12. The van der Waals surface area contributed by atoms with Gasteiger partial charge in [-0.2, -0.15) is 0 Å². The van der Waals surface area contributed by atoms with E-state index in [-0.39, 0.29) is 5.56 Å². The highest BCUT2D eigenvalue weighted by Gasteiger charge is 2.11. The van der Waals surface area contributed by atoms with Gasteiger partial charge in [-0.05, 0) is 73.1 Å². The molecule has 4 nitrogen and oxygen atoms in total. The monoisotopic (exact) mass is 445 g/mol. The van der Waals surface area contributed by atoms with Crippen LogP contribution in [0.1, 0.15) is 10.4 Å². The number of hydrogen-bond acceptors (Lipinski definition) is 3. The number of amides is 1. The second kappa shape index (κ2) is 9.73. The van der Waals surface area contributed by atoms with Crippen molar-refractivity contribution in [3.05, 3.63) is 83.1 Å². The lowest BCUT2D eigenvalue weighted by molar-refractivity contribution is 0.102. The Morgan fingerprint density at radius 1 is 0.931 bits per heavy atom. The Bertz CT molecular complexity index is 1040. The number of carbonyl (C=O) groups is 1. The van der Waals surface area contributed by atoms with Crippen LogP contribution in [0.3, 0.4) is 0 Å². The zero-order chi connectivity index (χ0) is 20.8. The molecule has 1 amide bonds. The minimum atomic E-state index is -0.564. The summed E-state index contributed by atoms with van der Waals surface area (Å²) >= 11 is 13.1. The van der Waals surface area contributed by atoms with E-state index in [9.17, 15) is 9.18 Å². The van der Waals surface area contributed by atoms with E-state index in [1.165, 1.54) is 18.2 Å². The molecule has 0 aliphatic carbocycles. The lowest BCUT2D eigenvalue weighted by atomic mass is 10.2. The summed E-state index contributed by atoms with van der Waals surface area (Å²) in [5.74, 6) is -1.07. The van der Waals surface area contributed by atoms with Crippen LogP contribution in [0.4, 0.5) is 21.5 Å². The predicted molar refractivity (Wildman–Crippen MR) is 124 cm³/mol. The van der Waals surface area contributed by atoms with E-state index >= 15 is 0 Å². The largest absolute Gasteiger partial charge is 0.332 e. The molecule has 8 heteroatoms. The molecule has 3 aromatic rings. The van der Waals surface area contributed by atoms with E-state index < -0.39 is 11.7 Å². The fourth-order valence-electron chi connectivity index (χ4n) is 2.52. The summed E-state index contributed by atoms with van der Waals surface area (Å²) in [4.78, 5) is 13.2. The third-order valence-corrected chi connectivity index (χ3v) is 5.35. The molecule has 0 aliphatic heterocycles. The Morgan fingerprint density at radius 2 is 1.52 bits per heavy atom. The van der Waals surface area contributed by atoms with Gasteiger partial charge in [0.15, 0.2) is 5.11 Å². The Labute approximate surface area is 182 Å². The zero-order valence-corrected chi connectivity index (χ0v) is 17.7. The number of thiocarbonyl (C=S) groups is 1. The second-order valence-electron chi connectivity index (χ2n) is 5.94. The molecule has 0 heterocycles. The standard InChI is InChI=1S/C21H17ClFN3OS2/c1-29-19-11-10-15(12-17(19)22)26-21(28)25-14-8-6-13(7-9-14)24-20(27)16-4-2-3-5-18(16)23/h2-12H,1H3,(H,24,27)(H2,25,26,28). The molecule has 3 N–H and O–H groups in total. The number of nitrogens with one attached hydrogen (secondary N) is 3. The van der Waals surface area contributed by atoms with E-state index in [0.717, 1.165) is 16.3 Å². The van der Waals surface area contributed by atoms with Crippen LogP contribution in [0, 0.1) is 5.82 Å². The quantitative estimate of drug-likeness (QED) is 0.319. The fraction of sp³-hybridized carbons (Fsp3) is 0.0476. The first-order valence-electron chi connectivity index (χ1n) is 8.54. The molecule has 3 aromatic carbocycles. The van der Waals surface area contributed by atoms with Gasteiger partial charge < -0.3 is 16.0 Å². The number of hydrogen-bond donors (Lipinski definition) is 3. The Kier molecular flexibility index (Phi) is 7.09. The topological polar surface area (TPSA) is 53.2 Å². The normalized spacial score (nSPS) is 10.3. The maximum atomic E-state index is 13.7.